The van der Waals surface area contributed by atoms with Crippen molar-refractivity contribution in [3.8, 4) is 0 Å². The Kier molecular flexibility index (Phi) is 15.3. The van der Waals surface area contributed by atoms with Crippen molar-refractivity contribution in [2.45, 2.75) is 122 Å². The molecule has 1 heterocycles. The number of hydrogen-bond donors (Lipinski definition) is 0. The molecular weight excluding hydrogens is 570 g/mol. The first kappa shape index (κ1) is 35.7. The van der Waals surface area contributed by atoms with Crippen molar-refractivity contribution in [1.82, 2.24) is 0 Å². The van der Waals surface area contributed by atoms with Crippen LogP contribution in [0.2, 0.25) is 0 Å². The highest BCUT2D eigenvalue weighted by atomic mass is 19.3. The van der Waals surface area contributed by atoms with Gasteiger partial charge in [0.05, 0.1) is 6.10 Å². The van der Waals surface area contributed by atoms with Gasteiger partial charge in [-0.3, -0.25) is 19.2 Å². The van der Waals surface area contributed by atoms with E-state index >= 15 is 0 Å². The first-order chi connectivity index (χ1) is 21.2. The maximum Gasteiger partial charge on any atom is 0.306 e. The molecule has 0 N–H and O–H groups in total. The normalized spacial score (nSPS) is 22.4. The molecule has 3 rings (SSSR count). The number of carbonyl (C=O) groups is 4. The lowest BCUT2D eigenvalue weighted by Crippen LogP contribution is -2.33. The van der Waals surface area contributed by atoms with Crippen LogP contribution in [0.1, 0.15) is 114 Å². The van der Waals surface area contributed by atoms with Crippen LogP contribution < -0.4 is 0 Å². The van der Waals surface area contributed by atoms with Crippen LogP contribution in [0.25, 0.3) is 0 Å². The topological polar surface area (TPSA) is 96.0 Å². The van der Waals surface area contributed by atoms with Crippen LogP contribution in [0.15, 0.2) is 42.5 Å². The van der Waals surface area contributed by atoms with E-state index in [1.54, 1.807) is 24.3 Å². The lowest BCUT2D eigenvalue weighted by molar-refractivity contribution is -0.196. The van der Waals surface area contributed by atoms with Gasteiger partial charge in [-0.25, -0.2) is 0 Å². The van der Waals surface area contributed by atoms with Gasteiger partial charge in [0.2, 0.25) is 5.78 Å². The number of unbranched alkanes of at least 4 members (excludes halogenated alkanes) is 4. The Labute approximate surface area is 260 Å². The lowest BCUT2D eigenvalue weighted by atomic mass is 9.86. The third-order valence-electron chi connectivity index (χ3n) is 8.50. The third-order valence-corrected chi connectivity index (χ3v) is 8.50. The summed E-state index contributed by atoms with van der Waals surface area (Å²) in [5, 5.41) is 0. The minimum absolute atomic E-state index is 0.0370. The van der Waals surface area contributed by atoms with Gasteiger partial charge in [0, 0.05) is 43.8 Å². The van der Waals surface area contributed by atoms with E-state index in [2.05, 4.69) is 0 Å². The predicted octanol–water partition coefficient (Wildman–Crippen LogP) is 7.60. The second-order valence-electron chi connectivity index (χ2n) is 11.9. The van der Waals surface area contributed by atoms with Crippen molar-refractivity contribution in [2.75, 3.05) is 13.2 Å². The Morgan fingerprint density at radius 3 is 2.55 bits per heavy atom. The molecule has 0 radical (unpaired) electrons. The smallest absolute Gasteiger partial charge is 0.306 e. The number of ether oxygens (including phenoxy) is 3. The summed E-state index contributed by atoms with van der Waals surface area (Å²) in [6.45, 7) is 2.15. The fourth-order valence-corrected chi connectivity index (χ4v) is 5.87. The summed E-state index contributed by atoms with van der Waals surface area (Å²) in [5.41, 5.74) is 0.511. The summed E-state index contributed by atoms with van der Waals surface area (Å²) in [4.78, 5) is 49.4. The molecule has 1 saturated heterocycles. The number of allylic oxidation sites excluding steroid dienone is 2. The van der Waals surface area contributed by atoms with Gasteiger partial charge in [0.25, 0.3) is 0 Å². The Balaban J connectivity index is 1.41. The quantitative estimate of drug-likeness (QED) is 0.0643. The van der Waals surface area contributed by atoms with E-state index in [4.69, 9.17) is 14.2 Å². The molecule has 1 aliphatic heterocycles. The van der Waals surface area contributed by atoms with E-state index in [1.807, 2.05) is 25.1 Å². The standard InChI is InChI=1S/C35H48F2O7/c1-2-3-22-35(36,37)32(40)21-20-28-27(29(38)24-31(28)44-34-19-13-14-23-42-34)17-11-6-4-5-7-12-18-33(41)43-25-30(39)26-15-9-8-10-16-26/h6,8-11,15-16,27-28,31,34H,2-5,7,12-14,17-25H2,1H3/b11-6-/t27-,28-,31-,34?/m1/s1. The largest absolute Gasteiger partial charge is 0.457 e. The van der Waals surface area contributed by atoms with Crippen molar-refractivity contribution in [3.05, 3.63) is 48.0 Å². The molecule has 0 aromatic heterocycles. The number of alkyl halides is 2. The Hall–Kier alpha value is -2.78. The second kappa shape index (κ2) is 18.9. The zero-order valence-corrected chi connectivity index (χ0v) is 26.0. The van der Waals surface area contributed by atoms with Crippen LogP contribution >= 0.6 is 0 Å². The first-order valence-electron chi connectivity index (χ1n) is 16.3. The van der Waals surface area contributed by atoms with E-state index in [0.717, 1.165) is 38.5 Å². The molecule has 7 nitrogen and oxygen atoms in total. The van der Waals surface area contributed by atoms with Crippen molar-refractivity contribution < 1.29 is 42.2 Å². The number of ketones is 3. The molecule has 1 aliphatic carbocycles. The molecule has 2 aliphatic rings. The Morgan fingerprint density at radius 2 is 1.82 bits per heavy atom. The molecular formula is C35H48F2O7. The van der Waals surface area contributed by atoms with Gasteiger partial charge < -0.3 is 14.2 Å². The molecule has 44 heavy (non-hydrogen) atoms. The van der Waals surface area contributed by atoms with Crippen LogP contribution in [-0.2, 0) is 28.6 Å². The van der Waals surface area contributed by atoms with E-state index in [-0.39, 0.29) is 55.7 Å². The van der Waals surface area contributed by atoms with Crippen molar-refractivity contribution >= 4 is 23.3 Å². The van der Waals surface area contributed by atoms with Gasteiger partial charge >= 0.3 is 11.9 Å². The summed E-state index contributed by atoms with van der Waals surface area (Å²) in [6.07, 6.45) is 10.1. The molecule has 244 valence electrons. The molecule has 2 fully saturated rings. The van der Waals surface area contributed by atoms with Gasteiger partial charge in [-0.15, -0.1) is 0 Å². The van der Waals surface area contributed by atoms with Gasteiger partial charge in [-0.05, 0) is 63.7 Å². The average molecular weight is 619 g/mol. The van der Waals surface area contributed by atoms with E-state index in [1.165, 1.54) is 0 Å². The Bertz CT molecular complexity index is 1080. The molecule has 1 saturated carbocycles. The number of benzene rings is 1. The number of hydrogen-bond acceptors (Lipinski definition) is 7. The number of carbonyl (C=O) groups excluding carboxylic acids is 4. The zero-order valence-electron chi connectivity index (χ0n) is 26.0. The highest BCUT2D eigenvalue weighted by Crippen LogP contribution is 2.39. The second-order valence-corrected chi connectivity index (χ2v) is 11.9. The van der Waals surface area contributed by atoms with Crippen LogP contribution in [0, 0.1) is 11.8 Å². The van der Waals surface area contributed by atoms with Gasteiger partial charge in [-0.1, -0.05) is 62.2 Å². The summed E-state index contributed by atoms with van der Waals surface area (Å²) >= 11 is 0. The fourth-order valence-electron chi connectivity index (χ4n) is 5.87. The van der Waals surface area contributed by atoms with Crippen molar-refractivity contribution in [1.29, 1.82) is 0 Å². The number of Topliss-reactive ketones (excluding diaryl/α,β-unsaturated/α-hetero) is 3. The molecule has 0 spiro atoms. The number of esters is 1. The van der Waals surface area contributed by atoms with Gasteiger partial charge in [-0.2, -0.15) is 8.78 Å². The average Bonchev–Trinajstić information content (AvgIpc) is 3.32. The highest BCUT2D eigenvalue weighted by Gasteiger charge is 2.45. The van der Waals surface area contributed by atoms with Crippen LogP contribution in [0.5, 0.6) is 0 Å². The SMILES string of the molecule is CCCCC(F)(F)C(=O)CC[C@H]1[C@H](OC2CCCCO2)CC(=O)[C@@H]1C/C=C\CCCCCC(=O)OCC(=O)c1ccccc1. The lowest BCUT2D eigenvalue weighted by Gasteiger charge is -2.30. The minimum Gasteiger partial charge on any atom is -0.457 e. The van der Waals surface area contributed by atoms with Gasteiger partial charge in [0.15, 0.2) is 18.7 Å². The summed E-state index contributed by atoms with van der Waals surface area (Å²) < 4.78 is 45.7. The molecule has 4 atom stereocenters. The van der Waals surface area contributed by atoms with Gasteiger partial charge in [0.1, 0.15) is 5.78 Å². The van der Waals surface area contributed by atoms with Crippen LogP contribution in [0.3, 0.4) is 0 Å². The molecule has 0 amide bonds. The summed E-state index contributed by atoms with van der Waals surface area (Å²) in [7, 11) is 0. The number of rotatable bonds is 20. The van der Waals surface area contributed by atoms with Crippen LogP contribution in [0.4, 0.5) is 8.78 Å². The van der Waals surface area contributed by atoms with Crippen molar-refractivity contribution in [2.24, 2.45) is 11.8 Å². The highest BCUT2D eigenvalue weighted by molar-refractivity contribution is 5.97. The molecule has 1 aromatic rings. The van der Waals surface area contributed by atoms with E-state index < -0.39 is 36.5 Å². The minimum atomic E-state index is -3.34. The van der Waals surface area contributed by atoms with E-state index in [9.17, 15) is 28.0 Å². The maximum atomic E-state index is 14.4. The summed E-state index contributed by atoms with van der Waals surface area (Å²) in [6, 6.07) is 8.70. The molecule has 9 heteroatoms. The molecule has 0 bridgehead atoms. The monoisotopic (exact) mass is 618 g/mol. The predicted molar refractivity (Wildman–Crippen MR) is 162 cm³/mol. The maximum absolute atomic E-state index is 14.4. The fraction of sp³-hybridized carbons (Fsp3) is 0.657. The molecule has 1 unspecified atom stereocenters. The van der Waals surface area contributed by atoms with E-state index in [0.29, 0.717) is 37.9 Å². The third kappa shape index (κ3) is 12.0. The van der Waals surface area contributed by atoms with Crippen LogP contribution in [-0.4, -0.2) is 54.8 Å². The van der Waals surface area contributed by atoms with Crippen molar-refractivity contribution in [3.63, 3.8) is 0 Å². The number of halogens is 2. The zero-order chi connectivity index (χ0) is 31.8. The summed E-state index contributed by atoms with van der Waals surface area (Å²) in [5.74, 6) is -5.69. The first-order valence-corrected chi connectivity index (χ1v) is 16.3. The molecule has 1 aromatic carbocycles. The Morgan fingerprint density at radius 1 is 1.02 bits per heavy atom.